The molecule has 0 saturated heterocycles. The highest BCUT2D eigenvalue weighted by Gasteiger charge is 2.31. The second-order valence-corrected chi connectivity index (χ2v) is 11.9. The number of carbonyl (C=O) groups excluding carboxylic acids is 4. The smallest absolute Gasteiger partial charge is 0.309 e. The third-order valence-electron chi connectivity index (χ3n) is 5.46. The first-order valence-electron chi connectivity index (χ1n) is 12.1. The lowest BCUT2D eigenvalue weighted by atomic mass is 9.93. The number of carbonyl (C=O) groups is 4. The molecule has 0 aromatic carbocycles. The van der Waals surface area contributed by atoms with Crippen molar-refractivity contribution in [2.24, 2.45) is 23.7 Å². The van der Waals surface area contributed by atoms with Crippen LogP contribution in [-0.4, -0.2) is 65.8 Å². The molecule has 1 heterocycles. The van der Waals surface area contributed by atoms with Crippen LogP contribution in [0.15, 0.2) is 12.2 Å². The zero-order valence-electron chi connectivity index (χ0n) is 21.4. The van der Waals surface area contributed by atoms with E-state index < -0.39 is 24.0 Å². The second-order valence-electron chi connectivity index (χ2n) is 9.72. The van der Waals surface area contributed by atoms with Gasteiger partial charge in [0.15, 0.2) is 5.78 Å². The number of hydrogen-bond acceptors (Lipinski definition) is 7. The fourth-order valence-corrected chi connectivity index (χ4v) is 5.46. The first-order valence-corrected chi connectivity index (χ1v) is 14.4. The van der Waals surface area contributed by atoms with Crippen LogP contribution in [0.4, 0.5) is 0 Å². The number of ketones is 1. The molecule has 0 bridgehead atoms. The van der Waals surface area contributed by atoms with Crippen molar-refractivity contribution in [2.45, 2.75) is 66.0 Å². The Bertz CT molecular complexity index is 711. The summed E-state index contributed by atoms with van der Waals surface area (Å²) in [6.07, 6.45) is 5.04. The van der Waals surface area contributed by atoms with Gasteiger partial charge in [0.1, 0.15) is 6.04 Å². The predicted octanol–water partition coefficient (Wildman–Crippen LogP) is 3.47. The SMILES string of the molecule is COC(=O)[C@@H]1CSC/C=C/CSC[C@H](C)C(=O)N[C@@H](CC(C)C)C(=O)N[C@@H](CC(C)C)C(=O)C1. The average Bonchev–Trinajstić information content (AvgIpc) is 2.76. The molecular weight excluding hydrogens is 472 g/mol. The number of thioether (sulfide) groups is 2. The van der Waals surface area contributed by atoms with Crippen molar-refractivity contribution >= 4 is 47.1 Å². The van der Waals surface area contributed by atoms with Gasteiger partial charge >= 0.3 is 5.97 Å². The summed E-state index contributed by atoms with van der Waals surface area (Å²) < 4.78 is 4.93. The summed E-state index contributed by atoms with van der Waals surface area (Å²) in [5.74, 6) is 1.07. The van der Waals surface area contributed by atoms with Crippen LogP contribution in [0.1, 0.15) is 53.9 Å². The Morgan fingerprint density at radius 1 is 0.941 bits per heavy atom. The third-order valence-corrected chi connectivity index (χ3v) is 7.69. The van der Waals surface area contributed by atoms with Gasteiger partial charge < -0.3 is 15.4 Å². The van der Waals surface area contributed by atoms with Crippen LogP contribution >= 0.6 is 23.5 Å². The van der Waals surface area contributed by atoms with E-state index in [9.17, 15) is 19.2 Å². The van der Waals surface area contributed by atoms with Gasteiger partial charge in [-0.2, -0.15) is 23.5 Å². The van der Waals surface area contributed by atoms with Crippen LogP contribution in [0.2, 0.25) is 0 Å². The maximum absolute atomic E-state index is 13.2. The van der Waals surface area contributed by atoms with Gasteiger partial charge in [-0.05, 0) is 24.7 Å². The Hall–Kier alpha value is -1.48. The minimum Gasteiger partial charge on any atom is -0.469 e. The average molecular weight is 515 g/mol. The van der Waals surface area contributed by atoms with E-state index in [1.807, 2.05) is 40.7 Å². The summed E-state index contributed by atoms with van der Waals surface area (Å²) in [5, 5.41) is 5.80. The third kappa shape index (κ3) is 11.8. The van der Waals surface area contributed by atoms with Crippen LogP contribution in [0.3, 0.4) is 0 Å². The highest BCUT2D eigenvalue weighted by atomic mass is 32.2. The molecule has 1 aliphatic rings. The van der Waals surface area contributed by atoms with Gasteiger partial charge in [0.05, 0.1) is 19.1 Å². The number of methoxy groups -OCH3 is 1. The molecule has 0 saturated carbocycles. The van der Waals surface area contributed by atoms with Gasteiger partial charge in [0.2, 0.25) is 11.8 Å². The molecule has 0 radical (unpaired) electrons. The van der Waals surface area contributed by atoms with Crippen molar-refractivity contribution in [3.8, 4) is 0 Å². The van der Waals surface area contributed by atoms with Crippen LogP contribution in [-0.2, 0) is 23.9 Å². The summed E-state index contributed by atoms with van der Waals surface area (Å²) in [5.41, 5.74) is 0. The molecule has 4 atom stereocenters. The number of Topliss-reactive ketones (excluding diaryl/α,β-unsaturated/α-hetero) is 1. The van der Waals surface area contributed by atoms with Crippen molar-refractivity contribution in [2.75, 3.05) is 30.1 Å². The molecule has 0 aromatic heterocycles. The molecule has 2 amide bonds. The number of esters is 1. The molecule has 0 unspecified atom stereocenters. The van der Waals surface area contributed by atoms with Crippen LogP contribution in [0.25, 0.3) is 0 Å². The molecule has 1 rings (SSSR count). The van der Waals surface area contributed by atoms with Crippen molar-refractivity contribution in [1.29, 1.82) is 0 Å². The lowest BCUT2D eigenvalue weighted by molar-refractivity contribution is -0.146. The van der Waals surface area contributed by atoms with Crippen molar-refractivity contribution in [1.82, 2.24) is 10.6 Å². The molecule has 9 heteroatoms. The molecule has 0 fully saturated rings. The Morgan fingerprint density at radius 2 is 1.47 bits per heavy atom. The van der Waals surface area contributed by atoms with E-state index in [0.29, 0.717) is 24.3 Å². The van der Waals surface area contributed by atoms with Crippen LogP contribution < -0.4 is 10.6 Å². The van der Waals surface area contributed by atoms with E-state index in [4.69, 9.17) is 4.74 Å². The van der Waals surface area contributed by atoms with Crippen LogP contribution in [0.5, 0.6) is 0 Å². The fourth-order valence-electron chi connectivity index (χ4n) is 3.60. The van der Waals surface area contributed by atoms with Gasteiger partial charge in [-0.25, -0.2) is 0 Å². The molecule has 1 aliphatic heterocycles. The molecule has 2 N–H and O–H groups in total. The predicted molar refractivity (Wildman–Crippen MR) is 141 cm³/mol. The Kier molecular flexibility index (Phi) is 14.6. The van der Waals surface area contributed by atoms with Gasteiger partial charge in [-0.1, -0.05) is 46.8 Å². The minimum absolute atomic E-state index is 0.00907. The summed E-state index contributed by atoms with van der Waals surface area (Å²) >= 11 is 3.24. The van der Waals surface area contributed by atoms with Crippen molar-refractivity contribution in [3.05, 3.63) is 12.2 Å². The normalized spacial score (nSPS) is 27.5. The summed E-state index contributed by atoms with van der Waals surface area (Å²) in [4.78, 5) is 51.5. The zero-order chi connectivity index (χ0) is 25.7. The lowest BCUT2D eigenvalue weighted by Crippen LogP contribution is -2.53. The number of nitrogens with one attached hydrogen (secondary N) is 2. The van der Waals surface area contributed by atoms with Gasteiger partial charge in [-0.3, -0.25) is 19.2 Å². The Labute approximate surface area is 213 Å². The van der Waals surface area contributed by atoms with Crippen LogP contribution in [0, 0.1) is 23.7 Å². The summed E-state index contributed by atoms with van der Waals surface area (Å²) in [7, 11) is 1.33. The summed E-state index contributed by atoms with van der Waals surface area (Å²) in [6, 6.07) is -1.43. The summed E-state index contributed by atoms with van der Waals surface area (Å²) in [6.45, 7) is 9.82. The molecule has 194 valence electrons. The first-order chi connectivity index (χ1) is 16.0. The van der Waals surface area contributed by atoms with E-state index in [-0.39, 0.29) is 41.8 Å². The molecule has 34 heavy (non-hydrogen) atoms. The molecule has 0 aromatic rings. The zero-order valence-corrected chi connectivity index (χ0v) is 23.1. The van der Waals surface area contributed by atoms with E-state index in [0.717, 1.165) is 11.5 Å². The topological polar surface area (TPSA) is 102 Å². The van der Waals surface area contributed by atoms with Gasteiger partial charge in [0, 0.05) is 35.4 Å². The lowest BCUT2D eigenvalue weighted by Gasteiger charge is -2.26. The highest BCUT2D eigenvalue weighted by molar-refractivity contribution is 7.99. The standard InChI is InChI=1S/C25H42N2O5S2/c1-16(2)11-20-22(28)13-19(25(31)32-6)15-34-10-8-7-9-33-14-18(5)23(29)27-21(12-17(3)4)24(30)26-20/h7-8,16-21H,9-15H2,1-6H3,(H,26,30)(H,27,29)/b8-7+/t18-,19-,20-,21-/m0/s1. The first kappa shape index (κ1) is 30.6. The molecule has 0 spiro atoms. The van der Waals surface area contributed by atoms with Gasteiger partial charge in [0.25, 0.3) is 0 Å². The number of ether oxygens (including phenoxy) is 1. The van der Waals surface area contributed by atoms with E-state index in [1.165, 1.54) is 7.11 Å². The van der Waals surface area contributed by atoms with E-state index in [1.54, 1.807) is 23.5 Å². The fraction of sp³-hybridized carbons (Fsp3) is 0.760. The quantitative estimate of drug-likeness (QED) is 0.428. The minimum atomic E-state index is -0.719. The largest absolute Gasteiger partial charge is 0.469 e. The Balaban J connectivity index is 3.18. The Morgan fingerprint density at radius 3 is 2.03 bits per heavy atom. The van der Waals surface area contributed by atoms with Crippen molar-refractivity contribution < 1.29 is 23.9 Å². The molecule has 7 nitrogen and oxygen atoms in total. The molecular formula is C25H42N2O5S2. The van der Waals surface area contributed by atoms with Crippen molar-refractivity contribution in [3.63, 3.8) is 0 Å². The highest BCUT2D eigenvalue weighted by Crippen LogP contribution is 2.19. The monoisotopic (exact) mass is 514 g/mol. The van der Waals surface area contributed by atoms with E-state index in [2.05, 4.69) is 16.7 Å². The van der Waals surface area contributed by atoms with E-state index >= 15 is 0 Å². The van der Waals surface area contributed by atoms with Gasteiger partial charge in [-0.15, -0.1) is 0 Å². The second kappa shape index (κ2) is 16.2. The maximum Gasteiger partial charge on any atom is 0.309 e. The number of amides is 2. The maximum atomic E-state index is 13.2. The molecule has 0 aliphatic carbocycles. The number of hydrogen-bond donors (Lipinski definition) is 2. The number of rotatable bonds is 5.